The predicted molar refractivity (Wildman–Crippen MR) is 206 cm³/mol. The van der Waals surface area contributed by atoms with Crippen LogP contribution in [-0.4, -0.2) is 4.98 Å². The van der Waals surface area contributed by atoms with Crippen LogP contribution in [0.2, 0.25) is 0 Å². The van der Waals surface area contributed by atoms with Gasteiger partial charge in [0.25, 0.3) is 0 Å². The molecule has 0 N–H and O–H groups in total. The summed E-state index contributed by atoms with van der Waals surface area (Å²) in [5, 5.41) is 4.99. The molecule has 0 radical (unpaired) electrons. The second kappa shape index (κ2) is 12.0. The van der Waals surface area contributed by atoms with Crippen LogP contribution in [0.1, 0.15) is 0 Å². The fourth-order valence-electron chi connectivity index (χ4n) is 6.75. The molecule has 0 aliphatic rings. The number of anilines is 3. The van der Waals surface area contributed by atoms with E-state index in [9.17, 15) is 0 Å². The summed E-state index contributed by atoms with van der Waals surface area (Å²) in [5.41, 5.74) is 10.6. The van der Waals surface area contributed by atoms with Gasteiger partial charge in [0.15, 0.2) is 0 Å². The molecule has 0 spiro atoms. The number of nitrogens with zero attached hydrogens (tertiary/aromatic N) is 2. The fraction of sp³-hybridized carbons (Fsp3) is 0. The normalized spacial score (nSPS) is 11.3. The molecule has 226 valence electrons. The highest BCUT2D eigenvalue weighted by Crippen LogP contribution is 2.40. The zero-order valence-electron chi connectivity index (χ0n) is 26.1. The van der Waals surface area contributed by atoms with Gasteiger partial charge in [-0.3, -0.25) is 4.98 Å². The molecule has 0 amide bonds. The van der Waals surface area contributed by atoms with Crippen molar-refractivity contribution < 1.29 is 0 Å². The third kappa shape index (κ3) is 5.11. The molecular weight excluding hydrogens is 601 g/mol. The van der Waals surface area contributed by atoms with Crippen LogP contribution in [0.5, 0.6) is 0 Å². The first-order chi connectivity index (χ1) is 23.8. The molecule has 0 saturated carbocycles. The minimum Gasteiger partial charge on any atom is -0.311 e. The van der Waals surface area contributed by atoms with E-state index in [2.05, 4.69) is 180 Å². The van der Waals surface area contributed by atoms with Crippen LogP contribution in [0.4, 0.5) is 17.1 Å². The Kier molecular flexibility index (Phi) is 7.03. The largest absolute Gasteiger partial charge is 0.311 e. The van der Waals surface area contributed by atoms with Gasteiger partial charge in [-0.05, 0) is 98.8 Å². The lowest BCUT2D eigenvalue weighted by Crippen LogP contribution is -2.09. The van der Waals surface area contributed by atoms with Gasteiger partial charge in [0.05, 0.1) is 0 Å². The third-order valence-corrected chi connectivity index (χ3v) is 10.3. The summed E-state index contributed by atoms with van der Waals surface area (Å²) in [4.78, 5) is 6.73. The van der Waals surface area contributed by atoms with Gasteiger partial charge in [-0.2, -0.15) is 0 Å². The van der Waals surface area contributed by atoms with Crippen LogP contribution in [0.25, 0.3) is 64.3 Å². The number of hydrogen-bond acceptors (Lipinski definition) is 3. The van der Waals surface area contributed by atoms with Crippen LogP contribution < -0.4 is 4.90 Å². The predicted octanol–water partition coefficient (Wildman–Crippen LogP) is 13.1. The van der Waals surface area contributed by atoms with Crippen molar-refractivity contribution in [3.8, 4) is 33.4 Å². The average molecular weight is 631 g/mol. The molecule has 2 nitrogen and oxygen atoms in total. The Morgan fingerprint density at radius 1 is 0.396 bits per heavy atom. The Morgan fingerprint density at radius 2 is 0.958 bits per heavy atom. The monoisotopic (exact) mass is 630 g/mol. The maximum absolute atomic E-state index is 4.39. The summed E-state index contributed by atoms with van der Waals surface area (Å²) < 4.78 is 2.56. The third-order valence-electron chi connectivity index (χ3n) is 9.19. The molecule has 0 bridgehead atoms. The summed E-state index contributed by atoms with van der Waals surface area (Å²) in [6.45, 7) is 0. The first-order valence-corrected chi connectivity index (χ1v) is 17.0. The van der Waals surface area contributed by atoms with Crippen molar-refractivity contribution in [2.45, 2.75) is 0 Å². The molecule has 48 heavy (non-hydrogen) atoms. The summed E-state index contributed by atoms with van der Waals surface area (Å²) in [7, 11) is 0. The smallest absolute Gasteiger partial charge is 0.0462 e. The lowest BCUT2D eigenvalue weighted by molar-refractivity contribution is 1.28. The summed E-state index contributed by atoms with van der Waals surface area (Å²) in [6.07, 6.45) is 3.85. The standard InChI is InChI=1S/C45H30N2S/c1-2-7-31(8-3-1)32-13-20-37(21-14-32)47(39-24-17-35(18-25-39)41-12-6-10-34-9-4-5-11-40(34)41)38-22-15-33(16-23-38)36-19-26-44-42(29-36)43-30-46-28-27-45(43)48-44/h1-30H. The zero-order valence-corrected chi connectivity index (χ0v) is 26.9. The Labute approximate surface area is 283 Å². The maximum atomic E-state index is 4.39. The molecule has 2 aromatic heterocycles. The van der Waals surface area contributed by atoms with Gasteiger partial charge >= 0.3 is 0 Å². The van der Waals surface area contributed by atoms with Gasteiger partial charge in [-0.1, -0.05) is 115 Å². The van der Waals surface area contributed by atoms with Gasteiger partial charge in [0.1, 0.15) is 0 Å². The van der Waals surface area contributed by atoms with Crippen LogP contribution in [0, 0.1) is 0 Å². The number of aromatic nitrogens is 1. The van der Waals surface area contributed by atoms with Gasteiger partial charge < -0.3 is 4.90 Å². The first kappa shape index (κ1) is 28.2. The molecular formula is C45H30N2S. The number of thiophene rings is 1. The van der Waals surface area contributed by atoms with E-state index in [1.54, 1.807) is 0 Å². The molecule has 7 aromatic carbocycles. The number of rotatable bonds is 6. The fourth-order valence-corrected chi connectivity index (χ4v) is 7.80. The van der Waals surface area contributed by atoms with E-state index in [-0.39, 0.29) is 0 Å². The topological polar surface area (TPSA) is 16.1 Å². The van der Waals surface area contributed by atoms with E-state index in [0.717, 1.165) is 17.1 Å². The van der Waals surface area contributed by atoms with Gasteiger partial charge in [0, 0.05) is 49.6 Å². The SMILES string of the molecule is c1ccc(-c2ccc(N(c3ccc(-c4ccc5sc6ccncc6c5c4)cc3)c3ccc(-c4cccc5ccccc45)cc3)cc2)cc1. The molecule has 2 heterocycles. The number of hydrogen-bond donors (Lipinski definition) is 0. The summed E-state index contributed by atoms with van der Waals surface area (Å²) in [5.74, 6) is 0. The van der Waals surface area contributed by atoms with Gasteiger partial charge in [-0.25, -0.2) is 0 Å². The van der Waals surface area contributed by atoms with Gasteiger partial charge in [0.2, 0.25) is 0 Å². The number of fused-ring (bicyclic) bond motifs is 4. The van der Waals surface area contributed by atoms with E-state index in [1.165, 1.54) is 64.3 Å². The van der Waals surface area contributed by atoms with E-state index in [4.69, 9.17) is 0 Å². The van der Waals surface area contributed by atoms with Gasteiger partial charge in [-0.15, -0.1) is 11.3 Å². The highest BCUT2D eigenvalue weighted by Gasteiger charge is 2.15. The van der Waals surface area contributed by atoms with E-state index in [1.807, 2.05) is 23.7 Å². The summed E-state index contributed by atoms with van der Waals surface area (Å²) in [6, 6.07) is 61.3. The minimum absolute atomic E-state index is 1.11. The van der Waals surface area contributed by atoms with Crippen molar-refractivity contribution in [2.24, 2.45) is 0 Å². The van der Waals surface area contributed by atoms with Crippen molar-refractivity contribution >= 4 is 59.3 Å². The molecule has 0 atom stereocenters. The van der Waals surface area contributed by atoms with Crippen LogP contribution in [-0.2, 0) is 0 Å². The second-order valence-electron chi connectivity index (χ2n) is 12.1. The number of pyridine rings is 1. The molecule has 0 aliphatic carbocycles. The van der Waals surface area contributed by atoms with Crippen LogP contribution in [0.15, 0.2) is 182 Å². The van der Waals surface area contributed by atoms with E-state index < -0.39 is 0 Å². The quantitative estimate of drug-likeness (QED) is 0.182. The van der Waals surface area contributed by atoms with Crippen molar-refractivity contribution in [1.82, 2.24) is 4.98 Å². The molecule has 3 heteroatoms. The Morgan fingerprint density at radius 3 is 1.69 bits per heavy atom. The Hall–Kier alpha value is -6.03. The van der Waals surface area contributed by atoms with Crippen molar-refractivity contribution in [3.63, 3.8) is 0 Å². The van der Waals surface area contributed by atoms with Crippen molar-refractivity contribution in [3.05, 3.63) is 182 Å². The molecule has 9 aromatic rings. The molecule has 9 rings (SSSR count). The summed E-state index contributed by atoms with van der Waals surface area (Å²) >= 11 is 1.82. The lowest BCUT2D eigenvalue weighted by Gasteiger charge is -2.26. The Balaban J connectivity index is 1.10. The minimum atomic E-state index is 1.11. The molecule has 0 fully saturated rings. The van der Waals surface area contributed by atoms with Crippen LogP contribution in [0.3, 0.4) is 0 Å². The lowest BCUT2D eigenvalue weighted by atomic mass is 9.98. The van der Waals surface area contributed by atoms with Crippen LogP contribution >= 0.6 is 11.3 Å². The average Bonchev–Trinajstić information content (AvgIpc) is 3.54. The zero-order chi connectivity index (χ0) is 31.9. The molecule has 0 saturated heterocycles. The van der Waals surface area contributed by atoms with E-state index in [0.29, 0.717) is 0 Å². The maximum Gasteiger partial charge on any atom is 0.0462 e. The highest BCUT2D eigenvalue weighted by atomic mass is 32.1. The number of benzene rings is 7. The first-order valence-electron chi connectivity index (χ1n) is 16.2. The van der Waals surface area contributed by atoms with Crippen molar-refractivity contribution in [1.29, 1.82) is 0 Å². The molecule has 0 aliphatic heterocycles. The highest BCUT2D eigenvalue weighted by molar-refractivity contribution is 7.25. The Bertz CT molecular complexity index is 2530. The molecule has 0 unspecified atom stereocenters. The van der Waals surface area contributed by atoms with Crippen molar-refractivity contribution in [2.75, 3.05) is 4.90 Å². The van der Waals surface area contributed by atoms with E-state index >= 15 is 0 Å². The second-order valence-corrected chi connectivity index (χ2v) is 13.1.